The summed E-state index contributed by atoms with van der Waals surface area (Å²) in [5.74, 6) is 0.283. The van der Waals surface area contributed by atoms with Crippen molar-refractivity contribution in [2.75, 3.05) is 6.61 Å². The maximum Gasteiger partial charge on any atom is 0.251 e. The number of nitrogens with two attached hydrogens (primary N) is 1. The summed E-state index contributed by atoms with van der Waals surface area (Å²) in [6.07, 6.45) is 8.46. The van der Waals surface area contributed by atoms with Crippen LogP contribution in [-0.2, 0) is 0 Å². The van der Waals surface area contributed by atoms with Gasteiger partial charge in [0.1, 0.15) is 12.7 Å². The normalized spacial score (nSPS) is 18.4. The molecule has 0 radical (unpaired) electrons. The van der Waals surface area contributed by atoms with E-state index in [4.69, 9.17) is 15.7 Å². The number of aromatic nitrogens is 2. The van der Waals surface area contributed by atoms with Gasteiger partial charge in [0, 0.05) is 12.4 Å². The number of nitriles is 1. The molecule has 0 aliphatic heterocycles. The molecule has 0 saturated heterocycles. The lowest BCUT2D eigenvalue weighted by molar-refractivity contribution is 0.168. The van der Waals surface area contributed by atoms with Gasteiger partial charge in [-0.2, -0.15) is 5.26 Å². The summed E-state index contributed by atoms with van der Waals surface area (Å²) in [6, 6.07) is 1.96. The first kappa shape index (κ1) is 11.8. The second-order valence-electron chi connectivity index (χ2n) is 4.53. The van der Waals surface area contributed by atoms with Crippen LogP contribution < -0.4 is 10.5 Å². The second kappa shape index (κ2) is 5.11. The van der Waals surface area contributed by atoms with Gasteiger partial charge in [0.2, 0.25) is 5.69 Å². The monoisotopic (exact) mass is 232 g/mol. The van der Waals surface area contributed by atoms with Crippen molar-refractivity contribution in [3.05, 3.63) is 18.1 Å². The van der Waals surface area contributed by atoms with E-state index in [9.17, 15) is 0 Å². The molecular formula is C12H16N4O. The third-order valence-corrected chi connectivity index (χ3v) is 3.12. The molecule has 17 heavy (non-hydrogen) atoms. The van der Waals surface area contributed by atoms with E-state index in [0.717, 1.165) is 25.7 Å². The highest BCUT2D eigenvalue weighted by Crippen LogP contribution is 2.26. The first-order valence-electron chi connectivity index (χ1n) is 5.86. The van der Waals surface area contributed by atoms with Crippen molar-refractivity contribution in [2.45, 2.75) is 37.6 Å². The van der Waals surface area contributed by atoms with Gasteiger partial charge in [-0.25, -0.2) is 9.97 Å². The SMILES string of the molecule is N#Cc1nccnc1OCC1(N)CCCCC1. The Labute approximate surface area is 101 Å². The van der Waals surface area contributed by atoms with Crippen molar-refractivity contribution in [3.8, 4) is 11.9 Å². The standard InChI is InChI=1S/C12H16N4O/c13-8-10-11(16-7-6-15-10)17-9-12(14)4-2-1-3-5-12/h6-7H,1-5,9,14H2. The third-order valence-electron chi connectivity index (χ3n) is 3.12. The Morgan fingerprint density at radius 1 is 1.29 bits per heavy atom. The lowest BCUT2D eigenvalue weighted by Crippen LogP contribution is -2.47. The number of ether oxygens (including phenoxy) is 1. The summed E-state index contributed by atoms with van der Waals surface area (Å²) in [5.41, 5.74) is 6.18. The van der Waals surface area contributed by atoms with Crippen LogP contribution in [0.3, 0.4) is 0 Å². The Bertz CT molecular complexity index is 421. The van der Waals surface area contributed by atoms with Crippen LogP contribution in [0.5, 0.6) is 5.88 Å². The molecule has 1 aromatic heterocycles. The van der Waals surface area contributed by atoms with Gasteiger partial charge in [-0.3, -0.25) is 0 Å². The molecule has 0 aromatic carbocycles. The molecule has 0 amide bonds. The predicted molar refractivity (Wildman–Crippen MR) is 62.2 cm³/mol. The average Bonchev–Trinajstić information content (AvgIpc) is 2.38. The van der Waals surface area contributed by atoms with Gasteiger partial charge in [0.15, 0.2) is 0 Å². The van der Waals surface area contributed by atoms with Gasteiger partial charge in [-0.05, 0) is 12.8 Å². The Morgan fingerprint density at radius 2 is 2.00 bits per heavy atom. The molecule has 1 aliphatic rings. The summed E-state index contributed by atoms with van der Waals surface area (Å²) in [6.45, 7) is 0.403. The van der Waals surface area contributed by atoms with Crippen LogP contribution in [-0.4, -0.2) is 22.1 Å². The second-order valence-corrected chi connectivity index (χ2v) is 4.53. The molecule has 0 unspecified atom stereocenters. The largest absolute Gasteiger partial charge is 0.474 e. The first-order valence-corrected chi connectivity index (χ1v) is 5.86. The Morgan fingerprint density at radius 3 is 2.71 bits per heavy atom. The quantitative estimate of drug-likeness (QED) is 0.851. The predicted octanol–water partition coefficient (Wildman–Crippen LogP) is 1.39. The van der Waals surface area contributed by atoms with Gasteiger partial charge in [0.05, 0.1) is 5.54 Å². The number of hydrogen-bond donors (Lipinski definition) is 1. The van der Waals surface area contributed by atoms with Crippen molar-refractivity contribution >= 4 is 0 Å². The lowest BCUT2D eigenvalue weighted by Gasteiger charge is -2.32. The molecule has 1 saturated carbocycles. The molecule has 5 nitrogen and oxygen atoms in total. The van der Waals surface area contributed by atoms with E-state index in [2.05, 4.69) is 9.97 Å². The highest BCUT2D eigenvalue weighted by molar-refractivity contribution is 5.29. The molecule has 0 atom stereocenters. The van der Waals surface area contributed by atoms with Crippen LogP contribution in [0.25, 0.3) is 0 Å². The van der Waals surface area contributed by atoms with Crippen LogP contribution >= 0.6 is 0 Å². The smallest absolute Gasteiger partial charge is 0.251 e. The molecule has 2 rings (SSSR count). The molecule has 1 fully saturated rings. The van der Waals surface area contributed by atoms with Gasteiger partial charge < -0.3 is 10.5 Å². The van der Waals surface area contributed by atoms with E-state index in [-0.39, 0.29) is 17.1 Å². The summed E-state index contributed by atoms with van der Waals surface area (Å²) >= 11 is 0. The van der Waals surface area contributed by atoms with Crippen LogP contribution in [0, 0.1) is 11.3 Å². The molecule has 1 aromatic rings. The van der Waals surface area contributed by atoms with E-state index in [0.29, 0.717) is 6.61 Å². The maximum atomic E-state index is 8.86. The van der Waals surface area contributed by atoms with Crippen LogP contribution in [0.4, 0.5) is 0 Å². The van der Waals surface area contributed by atoms with Crippen molar-refractivity contribution < 1.29 is 4.74 Å². The highest BCUT2D eigenvalue weighted by atomic mass is 16.5. The number of hydrogen-bond acceptors (Lipinski definition) is 5. The van der Waals surface area contributed by atoms with Crippen molar-refractivity contribution in [1.29, 1.82) is 5.26 Å². The lowest BCUT2D eigenvalue weighted by atomic mass is 9.83. The molecule has 2 N–H and O–H groups in total. The van der Waals surface area contributed by atoms with Crippen LogP contribution in [0.15, 0.2) is 12.4 Å². The first-order chi connectivity index (χ1) is 8.23. The fourth-order valence-electron chi connectivity index (χ4n) is 2.12. The van der Waals surface area contributed by atoms with Gasteiger partial charge in [-0.15, -0.1) is 0 Å². The van der Waals surface area contributed by atoms with E-state index < -0.39 is 0 Å². The van der Waals surface area contributed by atoms with Crippen LogP contribution in [0.1, 0.15) is 37.8 Å². The molecule has 5 heteroatoms. The average molecular weight is 232 g/mol. The van der Waals surface area contributed by atoms with E-state index in [1.54, 1.807) is 0 Å². The van der Waals surface area contributed by atoms with Gasteiger partial charge in [0.25, 0.3) is 5.88 Å². The van der Waals surface area contributed by atoms with E-state index >= 15 is 0 Å². The minimum atomic E-state index is -0.275. The number of rotatable bonds is 3. The zero-order valence-corrected chi connectivity index (χ0v) is 9.72. The minimum absolute atomic E-state index is 0.215. The Kier molecular flexibility index (Phi) is 3.55. The Balaban J connectivity index is 2.00. The molecular weight excluding hydrogens is 216 g/mol. The summed E-state index contributed by atoms with van der Waals surface area (Å²) in [5, 5.41) is 8.86. The molecule has 0 bridgehead atoms. The molecule has 1 heterocycles. The molecule has 0 spiro atoms. The summed E-state index contributed by atoms with van der Waals surface area (Å²) in [7, 11) is 0. The van der Waals surface area contributed by atoms with Crippen molar-refractivity contribution in [2.24, 2.45) is 5.73 Å². The van der Waals surface area contributed by atoms with E-state index in [1.165, 1.54) is 18.8 Å². The fraction of sp³-hybridized carbons (Fsp3) is 0.583. The Hall–Kier alpha value is -1.67. The maximum absolute atomic E-state index is 8.86. The van der Waals surface area contributed by atoms with Crippen molar-refractivity contribution in [1.82, 2.24) is 9.97 Å². The van der Waals surface area contributed by atoms with Gasteiger partial charge in [-0.1, -0.05) is 19.3 Å². The third kappa shape index (κ3) is 2.92. The highest BCUT2D eigenvalue weighted by Gasteiger charge is 2.28. The summed E-state index contributed by atoms with van der Waals surface area (Å²) < 4.78 is 5.55. The molecule has 1 aliphatic carbocycles. The number of nitrogens with zero attached hydrogens (tertiary/aromatic N) is 3. The fourth-order valence-corrected chi connectivity index (χ4v) is 2.12. The zero-order chi connectivity index (χ0) is 12.1. The topological polar surface area (TPSA) is 84.8 Å². The van der Waals surface area contributed by atoms with E-state index in [1.807, 2.05) is 6.07 Å². The molecule has 90 valence electrons. The summed E-state index contributed by atoms with van der Waals surface area (Å²) in [4.78, 5) is 7.90. The minimum Gasteiger partial charge on any atom is -0.474 e. The van der Waals surface area contributed by atoms with Crippen molar-refractivity contribution in [3.63, 3.8) is 0 Å². The van der Waals surface area contributed by atoms with Gasteiger partial charge >= 0.3 is 0 Å². The van der Waals surface area contributed by atoms with Crippen LogP contribution in [0.2, 0.25) is 0 Å². The zero-order valence-electron chi connectivity index (χ0n) is 9.72.